The van der Waals surface area contributed by atoms with Gasteiger partial charge >= 0.3 is 6.18 Å². The van der Waals surface area contributed by atoms with E-state index in [1.807, 2.05) is 0 Å². The molecule has 0 saturated carbocycles. The van der Waals surface area contributed by atoms with Gasteiger partial charge in [-0.1, -0.05) is 0 Å². The summed E-state index contributed by atoms with van der Waals surface area (Å²) in [5, 5.41) is 0.391. The monoisotopic (exact) mass is 291 g/mol. The summed E-state index contributed by atoms with van der Waals surface area (Å²) in [5.74, 6) is 0.152. The highest BCUT2D eigenvalue weighted by Crippen LogP contribution is 2.31. The van der Waals surface area contributed by atoms with Crippen LogP contribution in [0.4, 0.5) is 19.0 Å². The van der Waals surface area contributed by atoms with Gasteiger partial charge in [0.15, 0.2) is 0 Å². The van der Waals surface area contributed by atoms with Crippen LogP contribution in [0.1, 0.15) is 5.69 Å². The van der Waals surface area contributed by atoms with Crippen molar-refractivity contribution in [2.24, 2.45) is 0 Å². The lowest BCUT2D eigenvalue weighted by molar-refractivity contribution is -0.140. The van der Waals surface area contributed by atoms with E-state index in [9.17, 15) is 13.2 Å². The van der Waals surface area contributed by atoms with Crippen LogP contribution in [-0.2, 0) is 6.18 Å². The Morgan fingerprint density at radius 2 is 1.94 bits per heavy atom. The minimum Gasteiger partial charge on any atom is -0.383 e. The maximum absolute atomic E-state index is 12.4. The Morgan fingerprint density at radius 1 is 1.25 bits per heavy atom. The SMILES string of the molecule is Nc1ncc(Br)c2nc(C(F)(F)F)ccc12. The third-order valence-electron chi connectivity index (χ3n) is 2.00. The van der Waals surface area contributed by atoms with Crippen molar-refractivity contribution in [1.29, 1.82) is 0 Å². The topological polar surface area (TPSA) is 51.8 Å². The molecule has 2 N–H and O–H groups in total. The Morgan fingerprint density at radius 3 is 2.56 bits per heavy atom. The second-order valence-corrected chi connectivity index (χ2v) is 3.94. The first kappa shape index (κ1) is 11.1. The van der Waals surface area contributed by atoms with Gasteiger partial charge in [0.1, 0.15) is 11.5 Å². The number of anilines is 1. The van der Waals surface area contributed by atoms with Gasteiger partial charge < -0.3 is 5.73 Å². The average Bonchev–Trinajstić information content (AvgIpc) is 2.22. The Kier molecular flexibility index (Phi) is 2.49. The van der Waals surface area contributed by atoms with Crippen LogP contribution >= 0.6 is 15.9 Å². The van der Waals surface area contributed by atoms with E-state index in [4.69, 9.17) is 5.73 Å². The number of rotatable bonds is 0. The molecule has 2 aromatic rings. The highest BCUT2D eigenvalue weighted by Gasteiger charge is 2.32. The molecule has 0 amide bonds. The number of nitrogen functional groups attached to an aromatic ring is 1. The first-order valence-corrected chi connectivity index (χ1v) is 4.97. The molecule has 0 spiro atoms. The smallest absolute Gasteiger partial charge is 0.383 e. The average molecular weight is 292 g/mol. The molecule has 0 aliphatic carbocycles. The van der Waals surface area contributed by atoms with Gasteiger partial charge in [0.25, 0.3) is 0 Å². The highest BCUT2D eigenvalue weighted by atomic mass is 79.9. The van der Waals surface area contributed by atoms with Gasteiger partial charge in [-0.3, -0.25) is 0 Å². The number of fused-ring (bicyclic) bond motifs is 1. The molecule has 0 aliphatic rings. The lowest BCUT2D eigenvalue weighted by Crippen LogP contribution is -2.08. The molecule has 0 aromatic carbocycles. The Labute approximate surface area is 96.6 Å². The van der Waals surface area contributed by atoms with E-state index >= 15 is 0 Å². The summed E-state index contributed by atoms with van der Waals surface area (Å²) in [6.45, 7) is 0. The van der Waals surface area contributed by atoms with Crippen molar-refractivity contribution in [2.45, 2.75) is 6.18 Å². The van der Waals surface area contributed by atoms with Crippen LogP contribution in [0.2, 0.25) is 0 Å². The van der Waals surface area contributed by atoms with Crippen molar-refractivity contribution in [3.8, 4) is 0 Å². The van der Waals surface area contributed by atoms with Gasteiger partial charge in [0, 0.05) is 11.6 Å². The van der Waals surface area contributed by atoms with Crippen LogP contribution in [0, 0.1) is 0 Å². The van der Waals surface area contributed by atoms with Crippen LogP contribution < -0.4 is 5.73 Å². The molecular weight excluding hydrogens is 287 g/mol. The van der Waals surface area contributed by atoms with Crippen LogP contribution in [0.15, 0.2) is 22.8 Å². The van der Waals surface area contributed by atoms with E-state index in [1.165, 1.54) is 12.3 Å². The molecule has 2 heterocycles. The van der Waals surface area contributed by atoms with Gasteiger partial charge in [0.2, 0.25) is 0 Å². The van der Waals surface area contributed by atoms with Crippen molar-refractivity contribution < 1.29 is 13.2 Å². The fourth-order valence-corrected chi connectivity index (χ4v) is 1.67. The van der Waals surface area contributed by atoms with Gasteiger partial charge in [-0.05, 0) is 28.1 Å². The van der Waals surface area contributed by atoms with Crippen molar-refractivity contribution >= 4 is 32.7 Å². The molecule has 7 heteroatoms. The molecule has 0 saturated heterocycles. The minimum absolute atomic E-state index is 0.152. The number of hydrogen-bond acceptors (Lipinski definition) is 3. The number of nitrogens with two attached hydrogens (primary N) is 1. The second-order valence-electron chi connectivity index (χ2n) is 3.08. The molecule has 0 unspecified atom stereocenters. The molecule has 2 aromatic heterocycles. The summed E-state index contributed by atoms with van der Waals surface area (Å²) in [7, 11) is 0. The summed E-state index contributed by atoms with van der Waals surface area (Å²) in [4.78, 5) is 7.32. The zero-order valence-corrected chi connectivity index (χ0v) is 9.30. The van der Waals surface area contributed by atoms with Crippen LogP contribution in [0.3, 0.4) is 0 Å². The van der Waals surface area contributed by atoms with Gasteiger partial charge in [0.05, 0.1) is 9.99 Å². The normalized spacial score (nSPS) is 12.0. The maximum Gasteiger partial charge on any atom is 0.433 e. The number of halogens is 4. The summed E-state index contributed by atoms with van der Waals surface area (Å²) >= 11 is 3.08. The summed E-state index contributed by atoms with van der Waals surface area (Å²) in [6, 6.07) is 2.14. The third kappa shape index (κ3) is 1.82. The minimum atomic E-state index is -4.47. The lowest BCUT2D eigenvalue weighted by atomic mass is 10.2. The number of alkyl halides is 3. The number of pyridine rings is 2. The molecular formula is C9H5BrF3N3. The van der Waals surface area contributed by atoms with Crippen LogP contribution in [0.25, 0.3) is 10.9 Å². The fraction of sp³-hybridized carbons (Fsp3) is 0.111. The van der Waals surface area contributed by atoms with Crippen molar-refractivity contribution in [2.75, 3.05) is 5.73 Å². The Balaban J connectivity index is 2.76. The largest absolute Gasteiger partial charge is 0.433 e. The van der Waals surface area contributed by atoms with E-state index < -0.39 is 11.9 Å². The quantitative estimate of drug-likeness (QED) is 0.812. The maximum atomic E-state index is 12.4. The zero-order valence-electron chi connectivity index (χ0n) is 7.72. The third-order valence-corrected chi connectivity index (χ3v) is 2.59. The van der Waals surface area contributed by atoms with Gasteiger partial charge in [-0.2, -0.15) is 13.2 Å². The Hall–Kier alpha value is -1.37. The highest BCUT2D eigenvalue weighted by molar-refractivity contribution is 9.10. The van der Waals surface area contributed by atoms with E-state index in [1.54, 1.807) is 0 Å². The first-order chi connectivity index (χ1) is 7.39. The van der Waals surface area contributed by atoms with E-state index in [0.717, 1.165) is 6.07 Å². The standard InChI is InChI=1S/C9H5BrF3N3/c10-5-3-15-8(14)4-1-2-6(9(11,12)13)16-7(4)5/h1-3H,(H2,14,15). The summed E-state index contributed by atoms with van der Waals surface area (Å²) < 4.78 is 37.6. The summed E-state index contributed by atoms with van der Waals surface area (Å²) in [6.07, 6.45) is -3.14. The molecule has 3 nitrogen and oxygen atoms in total. The van der Waals surface area contributed by atoms with Crippen LogP contribution in [0.5, 0.6) is 0 Å². The Bertz CT molecular complexity index is 553. The predicted octanol–water partition coefficient (Wildman–Crippen LogP) is 2.99. The number of nitrogens with zero attached hydrogens (tertiary/aromatic N) is 2. The molecule has 0 radical (unpaired) electrons. The molecule has 84 valence electrons. The zero-order chi connectivity index (χ0) is 11.9. The van der Waals surface area contributed by atoms with Gasteiger partial charge in [-0.15, -0.1) is 0 Å². The molecule has 0 atom stereocenters. The van der Waals surface area contributed by atoms with E-state index in [-0.39, 0.29) is 11.3 Å². The molecule has 2 rings (SSSR count). The molecule has 0 aliphatic heterocycles. The predicted molar refractivity (Wildman–Crippen MR) is 56.7 cm³/mol. The fourth-order valence-electron chi connectivity index (χ4n) is 1.26. The van der Waals surface area contributed by atoms with Crippen molar-refractivity contribution in [3.63, 3.8) is 0 Å². The number of hydrogen-bond donors (Lipinski definition) is 1. The van der Waals surface area contributed by atoms with Crippen LogP contribution in [-0.4, -0.2) is 9.97 Å². The van der Waals surface area contributed by atoms with Gasteiger partial charge in [-0.25, -0.2) is 9.97 Å². The molecule has 0 bridgehead atoms. The summed E-state index contributed by atoms with van der Waals surface area (Å²) in [5.41, 5.74) is 4.73. The number of aromatic nitrogens is 2. The first-order valence-electron chi connectivity index (χ1n) is 4.17. The van der Waals surface area contributed by atoms with E-state index in [2.05, 4.69) is 25.9 Å². The molecule has 16 heavy (non-hydrogen) atoms. The van der Waals surface area contributed by atoms with Crippen molar-refractivity contribution in [1.82, 2.24) is 9.97 Å². The van der Waals surface area contributed by atoms with E-state index in [0.29, 0.717) is 9.86 Å². The lowest BCUT2D eigenvalue weighted by Gasteiger charge is -2.08. The second kappa shape index (κ2) is 3.58. The molecule has 0 fully saturated rings. The van der Waals surface area contributed by atoms with Crippen molar-refractivity contribution in [3.05, 3.63) is 28.5 Å².